The number of aliphatic hydroxyl groups is 4. The number of hydrogen-bond acceptors (Lipinski definition) is 22. The highest BCUT2D eigenvalue weighted by molar-refractivity contribution is 6.26. The second kappa shape index (κ2) is 26.8. The standard InChI is InChI=1S/C64H92N2O22/c1-29-14-19-45(84-51-28-62(11,66(76)77)57(37(9)82-51)65-61(75)78-13)30(2)23-42-43(69)24-39(16-15-33(5)67)27-64(42)59(73)52(60(74)88-64)58(72)63(12)41(29)18-17-40-53(63)31(3)22-32(4)55(40)87-50-26-47(56(36(8)81-50)83-38(10)68)86-48-21-20-46(34(6)79-48)85-49-25-44(70)54(71)35(7)80-49/h14-18,23-24,31-32,34-37,40-51,53-57,66,69-72,76H,19-22,25-28H2,1-13H3,(H,65,75)/b16-15+,29-14-,30-23-,58-52-/t31-,32-,34-,35-,36-,37+,40-,41-,42+,43-,44+,45-,46+,47+,48-,49+,50-,51-,53+,54-,55-,56-,57-,62-,63+,64-/m0/s1. The van der Waals surface area contributed by atoms with Gasteiger partial charge in [-0.1, -0.05) is 62.8 Å². The molecular weight excluding hydrogens is 1150 g/mol. The summed E-state index contributed by atoms with van der Waals surface area (Å²) in [7, 11) is 1.17. The summed E-state index contributed by atoms with van der Waals surface area (Å²) in [6.45, 7) is 20.7. The summed E-state index contributed by atoms with van der Waals surface area (Å²) in [5, 5.41) is 71.3. The maximum absolute atomic E-state index is 15.8. The van der Waals surface area contributed by atoms with Crippen molar-refractivity contribution in [1.82, 2.24) is 5.32 Å². The number of aliphatic hydroxyl groups excluding tert-OH is 4. The van der Waals surface area contributed by atoms with Gasteiger partial charge in [0.15, 0.2) is 48.2 Å². The lowest BCUT2D eigenvalue weighted by atomic mass is 9.49. The van der Waals surface area contributed by atoms with Crippen LogP contribution in [0.2, 0.25) is 0 Å². The Bertz CT molecular complexity index is 2800. The number of alkyl carbamates (subject to hydrolysis) is 1. The Morgan fingerprint density at radius 1 is 0.784 bits per heavy atom. The van der Waals surface area contributed by atoms with E-state index in [9.17, 15) is 50.0 Å². The Hall–Kier alpha value is -4.77. The Kier molecular flexibility index (Phi) is 20.6. The summed E-state index contributed by atoms with van der Waals surface area (Å²) < 4.78 is 69.1. The van der Waals surface area contributed by atoms with E-state index in [-0.39, 0.29) is 49.7 Å². The number of quaternary nitrogens is 1. The largest absolute Gasteiger partial charge is 0.600 e. The number of ketones is 2. The average Bonchev–Trinajstić information content (AvgIpc) is 1.35. The monoisotopic (exact) mass is 1240 g/mol. The van der Waals surface area contributed by atoms with Gasteiger partial charge in [0.25, 0.3) is 0 Å². The minimum absolute atomic E-state index is 0.0983. The van der Waals surface area contributed by atoms with Gasteiger partial charge in [-0.2, -0.15) is 0 Å². The molecule has 1 spiro atoms. The number of fused-ring (bicyclic) bond motifs is 4. The molecule has 0 aromatic rings. The van der Waals surface area contributed by atoms with Crippen molar-refractivity contribution < 1.29 is 107 Å². The number of allylic oxidation sites excluding steroid dienone is 5. The molecule has 0 aromatic carbocycles. The fraction of sp³-hybridized carbons (Fsp3) is 0.734. The lowest BCUT2D eigenvalue weighted by Gasteiger charge is -2.56. The van der Waals surface area contributed by atoms with Gasteiger partial charge in [0.1, 0.15) is 29.6 Å². The fourth-order valence-electron chi connectivity index (χ4n) is 15.8. The van der Waals surface area contributed by atoms with Crippen molar-refractivity contribution >= 4 is 29.6 Å². The first-order valence-electron chi connectivity index (χ1n) is 31.1. The van der Waals surface area contributed by atoms with Crippen LogP contribution in [0.4, 0.5) is 4.79 Å². The summed E-state index contributed by atoms with van der Waals surface area (Å²) in [6, 6.07) is -1.02. The first-order chi connectivity index (χ1) is 41.4. The molecule has 4 aliphatic carbocycles. The van der Waals surface area contributed by atoms with Crippen LogP contribution in [0.15, 0.2) is 70.6 Å². The van der Waals surface area contributed by atoms with Crippen molar-refractivity contribution in [3.63, 3.8) is 0 Å². The molecule has 0 aromatic heterocycles. The molecule has 1 saturated carbocycles. The van der Waals surface area contributed by atoms with Crippen LogP contribution in [0, 0.1) is 46.1 Å². The number of methoxy groups -OCH3 is 1. The molecule has 9 rings (SSSR count). The Balaban J connectivity index is 1.05. The van der Waals surface area contributed by atoms with Crippen LogP contribution in [0.25, 0.3) is 0 Å². The predicted octanol–water partition coefficient (Wildman–Crippen LogP) is 4.89. The molecule has 2 bridgehead atoms. The highest BCUT2D eigenvalue weighted by Crippen LogP contribution is 2.61. The molecule has 490 valence electrons. The fourth-order valence-corrected chi connectivity index (χ4v) is 15.8. The van der Waals surface area contributed by atoms with E-state index in [2.05, 4.69) is 25.2 Å². The number of amides is 1. The minimum atomic E-state index is -2.13. The van der Waals surface area contributed by atoms with Crippen LogP contribution >= 0.6 is 0 Å². The quantitative estimate of drug-likeness (QED) is 0.0322. The number of carbonyl (C=O) groups is 5. The topological polar surface area (TPSA) is 328 Å². The SMILES string of the molecule is COC(=O)N[C@H]1[C@@H](C)O[C@@H](O[C@H]2C/C=C(/C)[C@@H]3C=C[C@@H]4[C@@H](O[C@H]5C[C@@H](O[C@H]6CC[C@@H](O[C@@H]7C[C@@H](O)[C@@H](O)[C@H](C)O7)[C@H](C)O6)[C@@H](OC(C)=O)[C@H](C)O5)[C@@H](C)C[C@H](C)[C@H]4[C@]3(C)/C(O)=C3/C(=O)O[C@]4(CC(/C=C/C(C)=O)=C[C@H](O)[C@H]4/C=C\2C)C3=O)C[C@]1(C)[NH+]([O-])O. The van der Waals surface area contributed by atoms with Crippen molar-refractivity contribution in [3.8, 4) is 0 Å². The molecule has 1 amide bonds. The van der Waals surface area contributed by atoms with E-state index in [4.69, 9.17) is 52.1 Å². The van der Waals surface area contributed by atoms with Gasteiger partial charge in [-0.3, -0.25) is 14.4 Å². The van der Waals surface area contributed by atoms with Gasteiger partial charge in [0, 0.05) is 49.9 Å². The van der Waals surface area contributed by atoms with Gasteiger partial charge in [-0.05, 0) is 110 Å². The normalized spacial score (nSPS) is 47.2. The third kappa shape index (κ3) is 13.3. The van der Waals surface area contributed by atoms with Gasteiger partial charge in [0.2, 0.25) is 5.78 Å². The Labute approximate surface area is 514 Å². The summed E-state index contributed by atoms with van der Waals surface area (Å²) >= 11 is 0. The number of ether oxygens (including phenoxy) is 11. The zero-order chi connectivity index (χ0) is 64.2. The second-order valence-electron chi connectivity index (χ2n) is 26.6. The molecular formula is C64H92N2O22. The van der Waals surface area contributed by atoms with Crippen molar-refractivity contribution in [2.24, 2.45) is 40.9 Å². The number of Topliss-reactive ketones (excluding diaryl/α,β-unsaturated/α-hetero) is 1. The summed E-state index contributed by atoms with van der Waals surface area (Å²) in [4.78, 5) is 68.0. The Morgan fingerprint density at radius 2 is 1.45 bits per heavy atom. The molecule has 24 heteroatoms. The van der Waals surface area contributed by atoms with Crippen LogP contribution in [-0.4, -0.2) is 178 Å². The average molecular weight is 1240 g/mol. The highest BCUT2D eigenvalue weighted by Gasteiger charge is 2.65. The smallest absolute Gasteiger partial charge is 0.407 e. The number of rotatable bonds is 13. The Morgan fingerprint density at radius 3 is 2.11 bits per heavy atom. The molecule has 5 aliphatic heterocycles. The van der Waals surface area contributed by atoms with Gasteiger partial charge >= 0.3 is 18.0 Å². The summed E-state index contributed by atoms with van der Waals surface area (Å²) in [6.07, 6.45) is -0.876. The zero-order valence-electron chi connectivity index (χ0n) is 52.7. The molecule has 6 fully saturated rings. The van der Waals surface area contributed by atoms with Gasteiger partial charge in [-0.25, -0.2) is 20.0 Å². The molecule has 24 nitrogen and oxygen atoms in total. The first-order valence-corrected chi connectivity index (χ1v) is 31.1. The molecule has 5 saturated heterocycles. The molecule has 27 atom stereocenters. The second-order valence-corrected chi connectivity index (χ2v) is 26.6. The van der Waals surface area contributed by atoms with E-state index in [0.29, 0.717) is 30.4 Å². The summed E-state index contributed by atoms with van der Waals surface area (Å²) in [5.41, 5.74) is -4.17. The number of nitrogens with one attached hydrogen (secondary N) is 2. The maximum Gasteiger partial charge on any atom is 0.407 e. The van der Waals surface area contributed by atoms with Crippen molar-refractivity contribution in [1.29, 1.82) is 0 Å². The third-order valence-electron chi connectivity index (χ3n) is 20.3. The molecule has 0 radical (unpaired) electrons. The van der Waals surface area contributed by atoms with E-state index >= 15 is 4.79 Å². The minimum Gasteiger partial charge on any atom is -0.600 e. The van der Waals surface area contributed by atoms with Crippen LogP contribution in [0.1, 0.15) is 134 Å². The maximum atomic E-state index is 15.8. The lowest BCUT2D eigenvalue weighted by molar-refractivity contribution is -1.09. The number of hydrogen-bond donors (Lipinski definition) is 7. The predicted molar refractivity (Wildman–Crippen MR) is 310 cm³/mol. The van der Waals surface area contributed by atoms with E-state index in [1.165, 1.54) is 46.1 Å². The number of hydroxylamine groups is 2. The molecule has 88 heavy (non-hydrogen) atoms. The third-order valence-corrected chi connectivity index (χ3v) is 20.3. The van der Waals surface area contributed by atoms with Gasteiger partial charge in [-0.15, -0.1) is 0 Å². The number of carbonyl (C=O) groups excluding carboxylic acids is 5. The van der Waals surface area contributed by atoms with Crippen LogP contribution in [0.3, 0.4) is 0 Å². The number of esters is 2. The van der Waals surface area contributed by atoms with Gasteiger partial charge < -0.3 is 83.1 Å². The highest BCUT2D eigenvalue weighted by atomic mass is 16.8. The molecule has 9 aliphatic rings. The van der Waals surface area contributed by atoms with E-state index in [1.54, 1.807) is 33.8 Å². The van der Waals surface area contributed by atoms with E-state index in [1.807, 2.05) is 32.9 Å². The van der Waals surface area contributed by atoms with Crippen LogP contribution in [-0.2, 0) is 71.3 Å². The zero-order valence-corrected chi connectivity index (χ0v) is 52.7. The van der Waals surface area contributed by atoms with Crippen molar-refractivity contribution in [2.45, 2.75) is 250 Å². The van der Waals surface area contributed by atoms with E-state index < -0.39 is 185 Å². The van der Waals surface area contributed by atoms with Crippen molar-refractivity contribution in [2.75, 3.05) is 7.11 Å². The summed E-state index contributed by atoms with van der Waals surface area (Å²) in [5.74, 6) is -6.48. The molecule has 1 unspecified atom stereocenters. The van der Waals surface area contributed by atoms with Crippen LogP contribution < -0.4 is 10.5 Å². The van der Waals surface area contributed by atoms with Gasteiger partial charge in [0.05, 0.1) is 74.4 Å². The lowest BCUT2D eigenvalue weighted by Crippen LogP contribution is -3.17. The van der Waals surface area contributed by atoms with Crippen LogP contribution in [0.5, 0.6) is 0 Å². The van der Waals surface area contributed by atoms with Crippen molar-refractivity contribution in [3.05, 3.63) is 75.8 Å². The molecule has 7 N–H and O–H groups in total. The molecule has 5 heterocycles. The van der Waals surface area contributed by atoms with E-state index in [0.717, 1.165) is 5.57 Å². The first kappa shape index (κ1) is 67.6.